The van der Waals surface area contributed by atoms with Gasteiger partial charge in [0, 0.05) is 11.8 Å². The van der Waals surface area contributed by atoms with Crippen LogP contribution in [0.25, 0.3) is 28.2 Å². The minimum absolute atomic E-state index is 0.339. The summed E-state index contributed by atoms with van der Waals surface area (Å²) in [4.78, 5) is 12.0. The number of hydrogen-bond acceptors (Lipinski definition) is 4. The number of ether oxygens (including phenoxy) is 1. The third kappa shape index (κ3) is 3.31. The second-order valence-electron chi connectivity index (χ2n) is 6.34. The summed E-state index contributed by atoms with van der Waals surface area (Å²) in [6.07, 6.45) is 2.02. The van der Waals surface area contributed by atoms with Gasteiger partial charge in [-0.25, -0.2) is 4.79 Å². The monoisotopic (exact) mass is 357 g/mol. The second kappa shape index (κ2) is 7.03. The molecule has 2 heterocycles. The molecule has 4 rings (SSSR count). The molecule has 0 radical (unpaired) electrons. The molecule has 5 nitrogen and oxygen atoms in total. The fraction of sp³-hybridized carbons (Fsp3) is 0.136. The van der Waals surface area contributed by atoms with Gasteiger partial charge in [0.2, 0.25) is 0 Å². The minimum Gasteiger partial charge on any atom is -0.462 e. The molecule has 0 N–H and O–H groups in total. The standard InChI is InChI=1S/C22H19N3O2/c1-3-27-22(26)18-6-4-5-17(13-18)21-24-23-20-12-11-19(14-25(20)21)16-9-7-15(2)8-10-16/h4-14H,3H2,1-2H3. The van der Waals surface area contributed by atoms with E-state index in [1.165, 1.54) is 5.56 Å². The van der Waals surface area contributed by atoms with E-state index in [0.29, 0.717) is 18.0 Å². The Morgan fingerprint density at radius 3 is 2.52 bits per heavy atom. The van der Waals surface area contributed by atoms with E-state index in [1.807, 2.05) is 34.9 Å². The van der Waals surface area contributed by atoms with Gasteiger partial charge in [-0.2, -0.15) is 0 Å². The number of aromatic nitrogens is 3. The van der Waals surface area contributed by atoms with Crippen LogP contribution in [-0.4, -0.2) is 27.2 Å². The van der Waals surface area contributed by atoms with Gasteiger partial charge in [-0.3, -0.25) is 4.40 Å². The van der Waals surface area contributed by atoms with Crippen molar-refractivity contribution in [1.82, 2.24) is 14.6 Å². The normalized spacial score (nSPS) is 10.9. The summed E-state index contributed by atoms with van der Waals surface area (Å²) in [5, 5.41) is 8.57. The van der Waals surface area contributed by atoms with Crippen LogP contribution in [0.3, 0.4) is 0 Å². The molecule has 0 aliphatic carbocycles. The van der Waals surface area contributed by atoms with Crippen molar-refractivity contribution in [3.8, 4) is 22.5 Å². The molecular weight excluding hydrogens is 338 g/mol. The van der Waals surface area contributed by atoms with Crippen molar-refractivity contribution < 1.29 is 9.53 Å². The zero-order valence-electron chi connectivity index (χ0n) is 15.2. The van der Waals surface area contributed by atoms with E-state index in [2.05, 4.69) is 41.4 Å². The summed E-state index contributed by atoms with van der Waals surface area (Å²) in [5.41, 5.74) is 5.49. The first-order chi connectivity index (χ1) is 13.2. The number of esters is 1. The first-order valence-electron chi connectivity index (χ1n) is 8.85. The van der Waals surface area contributed by atoms with Gasteiger partial charge in [-0.1, -0.05) is 42.0 Å². The van der Waals surface area contributed by atoms with Crippen LogP contribution in [0.4, 0.5) is 0 Å². The SMILES string of the molecule is CCOC(=O)c1cccc(-c2nnc3ccc(-c4ccc(C)cc4)cn23)c1. The largest absolute Gasteiger partial charge is 0.462 e. The fourth-order valence-corrected chi connectivity index (χ4v) is 3.00. The van der Waals surface area contributed by atoms with E-state index in [9.17, 15) is 4.79 Å². The van der Waals surface area contributed by atoms with E-state index in [0.717, 1.165) is 22.3 Å². The van der Waals surface area contributed by atoms with Crippen molar-refractivity contribution in [3.05, 3.63) is 78.0 Å². The van der Waals surface area contributed by atoms with Gasteiger partial charge in [-0.15, -0.1) is 10.2 Å². The second-order valence-corrected chi connectivity index (χ2v) is 6.34. The Bertz CT molecular complexity index is 1110. The lowest BCUT2D eigenvalue weighted by Crippen LogP contribution is -2.04. The highest BCUT2D eigenvalue weighted by Crippen LogP contribution is 2.24. The summed E-state index contributed by atoms with van der Waals surface area (Å²) in [6, 6.07) is 19.6. The maximum Gasteiger partial charge on any atom is 0.338 e. The molecule has 5 heteroatoms. The number of fused-ring (bicyclic) bond motifs is 1. The van der Waals surface area contributed by atoms with Crippen LogP contribution in [0.1, 0.15) is 22.8 Å². The van der Waals surface area contributed by atoms with Crippen LogP contribution >= 0.6 is 0 Å². The summed E-state index contributed by atoms with van der Waals surface area (Å²) in [5.74, 6) is 0.346. The number of nitrogens with zero attached hydrogens (tertiary/aromatic N) is 3. The Morgan fingerprint density at radius 1 is 0.963 bits per heavy atom. The van der Waals surface area contributed by atoms with Crippen molar-refractivity contribution in [2.75, 3.05) is 6.61 Å². The predicted molar refractivity (Wildman–Crippen MR) is 105 cm³/mol. The first kappa shape index (κ1) is 17.0. The van der Waals surface area contributed by atoms with Gasteiger partial charge >= 0.3 is 5.97 Å². The van der Waals surface area contributed by atoms with E-state index in [1.54, 1.807) is 19.1 Å². The molecule has 0 saturated carbocycles. The quantitative estimate of drug-likeness (QED) is 0.503. The van der Waals surface area contributed by atoms with Crippen LogP contribution in [0, 0.1) is 6.92 Å². The van der Waals surface area contributed by atoms with Gasteiger partial charge in [-0.05, 0) is 49.2 Å². The highest BCUT2D eigenvalue weighted by Gasteiger charge is 2.13. The van der Waals surface area contributed by atoms with Gasteiger partial charge in [0.1, 0.15) is 0 Å². The summed E-state index contributed by atoms with van der Waals surface area (Å²) < 4.78 is 7.04. The molecule has 134 valence electrons. The zero-order chi connectivity index (χ0) is 18.8. The Labute approximate surface area is 157 Å². The molecule has 2 aromatic carbocycles. The Morgan fingerprint density at radius 2 is 1.74 bits per heavy atom. The number of carbonyl (C=O) groups is 1. The molecule has 2 aromatic heterocycles. The van der Waals surface area contributed by atoms with Gasteiger partial charge < -0.3 is 4.74 Å². The van der Waals surface area contributed by atoms with Crippen LogP contribution in [-0.2, 0) is 4.74 Å². The van der Waals surface area contributed by atoms with Gasteiger partial charge in [0.15, 0.2) is 11.5 Å². The first-order valence-corrected chi connectivity index (χ1v) is 8.85. The van der Waals surface area contributed by atoms with Crippen LogP contribution < -0.4 is 0 Å². The summed E-state index contributed by atoms with van der Waals surface area (Å²) in [7, 11) is 0. The van der Waals surface area contributed by atoms with Crippen molar-refractivity contribution in [3.63, 3.8) is 0 Å². The molecule has 0 amide bonds. The molecule has 0 fully saturated rings. The average Bonchev–Trinajstić information content (AvgIpc) is 3.12. The van der Waals surface area contributed by atoms with E-state index in [4.69, 9.17) is 4.74 Å². The summed E-state index contributed by atoms with van der Waals surface area (Å²) >= 11 is 0. The zero-order valence-corrected chi connectivity index (χ0v) is 15.2. The van der Waals surface area contributed by atoms with Crippen molar-refractivity contribution in [2.45, 2.75) is 13.8 Å². The summed E-state index contributed by atoms with van der Waals surface area (Å²) in [6.45, 7) is 4.21. The lowest BCUT2D eigenvalue weighted by Gasteiger charge is -2.06. The predicted octanol–water partition coefficient (Wildman–Crippen LogP) is 4.55. The van der Waals surface area contributed by atoms with E-state index in [-0.39, 0.29) is 5.97 Å². The van der Waals surface area contributed by atoms with Crippen LogP contribution in [0.5, 0.6) is 0 Å². The third-order valence-corrected chi connectivity index (χ3v) is 4.42. The topological polar surface area (TPSA) is 56.5 Å². The Balaban J connectivity index is 1.79. The number of aryl methyl sites for hydroxylation is 1. The maximum atomic E-state index is 12.0. The highest BCUT2D eigenvalue weighted by atomic mass is 16.5. The molecule has 0 saturated heterocycles. The number of pyridine rings is 1. The molecule has 0 aliphatic heterocycles. The molecule has 0 spiro atoms. The molecule has 0 atom stereocenters. The Kier molecular flexibility index (Phi) is 4.42. The molecule has 0 aliphatic rings. The molecule has 4 aromatic rings. The lowest BCUT2D eigenvalue weighted by atomic mass is 10.1. The molecule has 0 bridgehead atoms. The van der Waals surface area contributed by atoms with E-state index >= 15 is 0 Å². The number of hydrogen-bond donors (Lipinski definition) is 0. The highest BCUT2D eigenvalue weighted by molar-refractivity contribution is 5.90. The number of benzene rings is 2. The Hall–Kier alpha value is -3.47. The number of carbonyl (C=O) groups excluding carboxylic acids is 1. The fourth-order valence-electron chi connectivity index (χ4n) is 3.00. The van der Waals surface area contributed by atoms with Crippen molar-refractivity contribution >= 4 is 11.6 Å². The third-order valence-electron chi connectivity index (χ3n) is 4.42. The van der Waals surface area contributed by atoms with Crippen LogP contribution in [0.15, 0.2) is 66.9 Å². The smallest absolute Gasteiger partial charge is 0.338 e. The van der Waals surface area contributed by atoms with Gasteiger partial charge in [0.05, 0.1) is 12.2 Å². The lowest BCUT2D eigenvalue weighted by molar-refractivity contribution is 0.0526. The molecular formula is C22H19N3O2. The average molecular weight is 357 g/mol. The molecule has 0 unspecified atom stereocenters. The van der Waals surface area contributed by atoms with E-state index < -0.39 is 0 Å². The van der Waals surface area contributed by atoms with Crippen LogP contribution in [0.2, 0.25) is 0 Å². The minimum atomic E-state index is -0.339. The maximum absolute atomic E-state index is 12.0. The number of rotatable bonds is 4. The van der Waals surface area contributed by atoms with Gasteiger partial charge in [0.25, 0.3) is 0 Å². The molecule has 27 heavy (non-hydrogen) atoms. The van der Waals surface area contributed by atoms with Crippen molar-refractivity contribution in [2.24, 2.45) is 0 Å². The van der Waals surface area contributed by atoms with Crippen molar-refractivity contribution in [1.29, 1.82) is 0 Å².